The summed E-state index contributed by atoms with van der Waals surface area (Å²) in [7, 11) is 0. The molecule has 3 heterocycles. The summed E-state index contributed by atoms with van der Waals surface area (Å²) >= 11 is 0.886. The highest BCUT2D eigenvalue weighted by molar-refractivity contribution is 8.18. The van der Waals surface area contributed by atoms with Crippen molar-refractivity contribution < 1.29 is 19.1 Å². The van der Waals surface area contributed by atoms with Crippen LogP contribution in [0.2, 0.25) is 0 Å². The summed E-state index contributed by atoms with van der Waals surface area (Å²) in [5.41, 5.74) is 2.89. The predicted octanol–water partition coefficient (Wildman–Crippen LogP) is 2.73. The van der Waals surface area contributed by atoms with Gasteiger partial charge >= 0.3 is 0 Å². The monoisotopic (exact) mass is 437 g/mol. The van der Waals surface area contributed by atoms with Crippen molar-refractivity contribution >= 4 is 45.8 Å². The number of carbonyl (C=O) groups excluding carboxylic acids is 3. The van der Waals surface area contributed by atoms with Gasteiger partial charge in [0.25, 0.3) is 11.1 Å². The van der Waals surface area contributed by atoms with E-state index in [0.717, 1.165) is 45.1 Å². The minimum Gasteiger partial charge on any atom is -0.378 e. The lowest BCUT2D eigenvalue weighted by molar-refractivity contribution is -0.135. The van der Waals surface area contributed by atoms with E-state index in [4.69, 9.17) is 11.2 Å². The van der Waals surface area contributed by atoms with E-state index >= 15 is 0 Å². The van der Waals surface area contributed by atoms with Gasteiger partial charge in [-0.15, -0.1) is 6.42 Å². The third kappa shape index (κ3) is 4.11. The Labute approximate surface area is 185 Å². The molecule has 0 aliphatic carbocycles. The summed E-state index contributed by atoms with van der Waals surface area (Å²) in [6, 6.07) is 5.99. The molecule has 160 valence electrons. The van der Waals surface area contributed by atoms with Crippen LogP contribution in [0.3, 0.4) is 0 Å². The van der Waals surface area contributed by atoms with E-state index in [0.29, 0.717) is 31.2 Å². The molecule has 0 N–H and O–H groups in total. The quantitative estimate of drug-likeness (QED) is 0.531. The summed E-state index contributed by atoms with van der Waals surface area (Å²) in [6.07, 6.45) is 9.69. The molecule has 2 saturated heterocycles. The van der Waals surface area contributed by atoms with Crippen molar-refractivity contribution in [1.29, 1.82) is 0 Å². The lowest BCUT2D eigenvalue weighted by Gasteiger charge is -2.27. The van der Waals surface area contributed by atoms with Gasteiger partial charge in [0.1, 0.15) is 6.54 Å². The lowest BCUT2D eigenvalue weighted by atomic mass is 10.1. The van der Waals surface area contributed by atoms with Crippen LogP contribution in [-0.4, -0.2) is 64.3 Å². The van der Waals surface area contributed by atoms with Crippen LogP contribution in [-0.2, 0) is 27.3 Å². The number of amides is 3. The molecule has 7 nitrogen and oxygen atoms in total. The number of carbonyl (C=O) groups is 3. The van der Waals surface area contributed by atoms with E-state index < -0.39 is 0 Å². The highest BCUT2D eigenvalue weighted by Gasteiger charge is 2.34. The van der Waals surface area contributed by atoms with E-state index in [2.05, 4.69) is 12.8 Å². The Balaban J connectivity index is 1.72. The molecule has 31 heavy (non-hydrogen) atoms. The maximum Gasteiger partial charge on any atom is 0.294 e. The summed E-state index contributed by atoms with van der Waals surface area (Å²) < 4.78 is 7.29. The van der Waals surface area contributed by atoms with E-state index in [1.807, 2.05) is 33.9 Å². The van der Waals surface area contributed by atoms with Crippen LogP contribution in [0.4, 0.5) is 4.79 Å². The van der Waals surface area contributed by atoms with E-state index in [1.54, 1.807) is 6.08 Å². The van der Waals surface area contributed by atoms with Crippen LogP contribution in [0.1, 0.15) is 18.1 Å². The van der Waals surface area contributed by atoms with E-state index in [9.17, 15) is 14.4 Å². The zero-order valence-corrected chi connectivity index (χ0v) is 18.1. The van der Waals surface area contributed by atoms with Crippen molar-refractivity contribution in [2.75, 3.05) is 32.8 Å². The number of para-hydroxylation sites is 1. The molecule has 2 aliphatic rings. The number of nitrogens with zero attached hydrogens (tertiary/aromatic N) is 3. The van der Waals surface area contributed by atoms with Crippen LogP contribution >= 0.6 is 11.8 Å². The Morgan fingerprint density at radius 2 is 2.06 bits per heavy atom. The van der Waals surface area contributed by atoms with Crippen molar-refractivity contribution in [2.24, 2.45) is 0 Å². The number of aromatic nitrogens is 1. The Morgan fingerprint density at radius 1 is 1.29 bits per heavy atom. The van der Waals surface area contributed by atoms with Gasteiger partial charge in [-0.25, -0.2) is 0 Å². The topological polar surface area (TPSA) is 71.8 Å². The van der Waals surface area contributed by atoms with Gasteiger partial charge in [-0.2, -0.15) is 0 Å². The number of morpholine rings is 1. The molecule has 2 fully saturated rings. The molecule has 0 radical (unpaired) electrons. The molecule has 2 aromatic rings. The molecule has 1 aromatic heterocycles. The van der Waals surface area contributed by atoms with Gasteiger partial charge in [0, 0.05) is 30.2 Å². The predicted molar refractivity (Wildman–Crippen MR) is 120 cm³/mol. The minimum atomic E-state index is -0.384. The maximum absolute atomic E-state index is 12.9. The number of thioether (sulfide) groups is 1. The highest BCUT2D eigenvalue weighted by Crippen LogP contribution is 2.34. The smallest absolute Gasteiger partial charge is 0.294 e. The summed E-state index contributed by atoms with van der Waals surface area (Å²) in [5, 5.41) is 0.576. The number of hydrogen-bond donors (Lipinski definition) is 0. The van der Waals surface area contributed by atoms with Crippen LogP contribution in [0.25, 0.3) is 17.0 Å². The Kier molecular flexibility index (Phi) is 6.16. The van der Waals surface area contributed by atoms with Crippen LogP contribution < -0.4 is 0 Å². The number of hydrogen-bond acceptors (Lipinski definition) is 5. The van der Waals surface area contributed by atoms with Crippen molar-refractivity contribution in [2.45, 2.75) is 19.9 Å². The van der Waals surface area contributed by atoms with Crippen molar-refractivity contribution in [3.8, 4) is 12.3 Å². The van der Waals surface area contributed by atoms with Crippen LogP contribution in [0, 0.1) is 12.3 Å². The van der Waals surface area contributed by atoms with Gasteiger partial charge in [0.15, 0.2) is 0 Å². The summed E-state index contributed by atoms with van der Waals surface area (Å²) in [6.45, 7) is 4.52. The lowest BCUT2D eigenvalue weighted by Crippen LogP contribution is -2.42. The van der Waals surface area contributed by atoms with Crippen LogP contribution in [0.5, 0.6) is 0 Å². The van der Waals surface area contributed by atoms with Crippen LogP contribution in [0.15, 0.2) is 29.3 Å². The largest absolute Gasteiger partial charge is 0.378 e. The Morgan fingerprint density at radius 3 is 2.77 bits per heavy atom. The number of benzene rings is 1. The average Bonchev–Trinajstić information content (AvgIpc) is 3.26. The molecule has 0 unspecified atom stereocenters. The number of rotatable bonds is 5. The zero-order valence-electron chi connectivity index (χ0n) is 17.3. The summed E-state index contributed by atoms with van der Waals surface area (Å²) in [4.78, 5) is 40.8. The SMILES string of the molecule is C#CCN1C(=O)S/C(=C\c2cn(CC(=O)N3CCOCC3)c3c(CC)cccc23)C1=O. The van der Waals surface area contributed by atoms with E-state index in [-0.39, 0.29) is 30.1 Å². The van der Waals surface area contributed by atoms with Crippen molar-refractivity contribution in [1.82, 2.24) is 14.4 Å². The fourth-order valence-electron chi connectivity index (χ4n) is 3.92. The Hall–Kier alpha value is -3.02. The first-order valence-corrected chi connectivity index (χ1v) is 11.0. The molecule has 0 spiro atoms. The zero-order chi connectivity index (χ0) is 22.0. The van der Waals surface area contributed by atoms with Gasteiger partial charge in [-0.3, -0.25) is 19.3 Å². The molecule has 2 aliphatic heterocycles. The first-order valence-electron chi connectivity index (χ1n) is 10.2. The fraction of sp³-hybridized carbons (Fsp3) is 0.348. The maximum atomic E-state index is 12.9. The molecule has 0 saturated carbocycles. The van der Waals surface area contributed by atoms with Crippen molar-refractivity contribution in [3.05, 3.63) is 40.4 Å². The molecule has 3 amide bonds. The van der Waals surface area contributed by atoms with Gasteiger partial charge in [-0.05, 0) is 29.8 Å². The first-order chi connectivity index (χ1) is 15.0. The summed E-state index contributed by atoms with van der Waals surface area (Å²) in [5.74, 6) is 1.99. The van der Waals surface area contributed by atoms with Gasteiger partial charge in [-0.1, -0.05) is 31.0 Å². The Bertz CT molecular complexity index is 1120. The van der Waals surface area contributed by atoms with Gasteiger partial charge in [0.2, 0.25) is 5.91 Å². The number of imide groups is 1. The molecule has 4 rings (SSSR count). The average molecular weight is 438 g/mol. The minimum absolute atomic E-state index is 0.0343. The molecular formula is C23H23N3O4S. The number of aryl methyl sites for hydroxylation is 1. The number of terminal acetylenes is 1. The first kappa shape index (κ1) is 21.2. The van der Waals surface area contributed by atoms with E-state index in [1.165, 1.54) is 0 Å². The van der Waals surface area contributed by atoms with Crippen molar-refractivity contribution in [3.63, 3.8) is 0 Å². The second-order valence-electron chi connectivity index (χ2n) is 7.34. The third-order valence-electron chi connectivity index (χ3n) is 5.47. The molecular weight excluding hydrogens is 414 g/mol. The number of ether oxygens (including phenoxy) is 1. The number of fused-ring (bicyclic) bond motifs is 1. The molecule has 8 heteroatoms. The molecule has 0 atom stereocenters. The normalized spacial score (nSPS) is 18.3. The second-order valence-corrected chi connectivity index (χ2v) is 8.34. The standard InChI is InChI=1S/C23H23N3O4S/c1-3-8-26-22(28)19(31-23(26)29)13-17-14-25(15-20(27)24-9-11-30-12-10-24)21-16(4-2)6-5-7-18(17)21/h1,5-7,13-14H,4,8-12,15H2,2H3/b19-13-. The fourth-order valence-corrected chi connectivity index (χ4v) is 4.75. The van der Waals surface area contributed by atoms with Gasteiger partial charge in [0.05, 0.1) is 30.2 Å². The molecule has 1 aromatic carbocycles. The molecule has 0 bridgehead atoms. The third-order valence-corrected chi connectivity index (χ3v) is 6.38. The highest BCUT2D eigenvalue weighted by atomic mass is 32.2. The van der Waals surface area contributed by atoms with Gasteiger partial charge < -0.3 is 14.2 Å². The second kappa shape index (κ2) is 9.00.